The van der Waals surface area contributed by atoms with E-state index < -0.39 is 0 Å². The molecule has 0 atom stereocenters. The van der Waals surface area contributed by atoms with Gasteiger partial charge in [-0.2, -0.15) is 0 Å². The van der Waals surface area contributed by atoms with Crippen LogP contribution in [0, 0.1) is 13.8 Å². The van der Waals surface area contributed by atoms with Crippen LogP contribution in [0.3, 0.4) is 0 Å². The van der Waals surface area contributed by atoms with E-state index in [1.54, 1.807) is 12.5 Å². The van der Waals surface area contributed by atoms with Crippen LogP contribution in [0.25, 0.3) is 0 Å². The largest absolute Gasteiger partial charge is 0.370 e. The molecule has 0 saturated carbocycles. The van der Waals surface area contributed by atoms with Gasteiger partial charge in [0.2, 0.25) is 0 Å². The summed E-state index contributed by atoms with van der Waals surface area (Å²) in [5, 5.41) is 3.11. The van der Waals surface area contributed by atoms with Crippen LogP contribution in [0.5, 0.6) is 0 Å². The molecule has 2 rings (SSSR count). The lowest BCUT2D eigenvalue weighted by atomic mass is 10.1. The Labute approximate surface area is 119 Å². The first kappa shape index (κ1) is 14.1. The smallest absolute Gasteiger partial charge is 0.193 e. The highest BCUT2D eigenvalue weighted by atomic mass is 15.1. The zero-order valence-corrected chi connectivity index (χ0v) is 12.0. The molecule has 0 amide bonds. The number of nitrogens with one attached hydrogen (secondary N) is 1. The van der Waals surface area contributed by atoms with Crippen molar-refractivity contribution in [3.8, 4) is 0 Å². The fourth-order valence-corrected chi connectivity index (χ4v) is 1.88. The summed E-state index contributed by atoms with van der Waals surface area (Å²) < 4.78 is 2.03. The second-order valence-corrected chi connectivity index (χ2v) is 4.85. The molecule has 1 heterocycles. The molecule has 0 aliphatic heterocycles. The van der Waals surface area contributed by atoms with Crippen molar-refractivity contribution in [1.82, 2.24) is 9.55 Å². The minimum absolute atomic E-state index is 0.457. The Bertz CT molecular complexity index is 572. The van der Waals surface area contributed by atoms with Gasteiger partial charge in [0.05, 0.1) is 6.33 Å². The van der Waals surface area contributed by atoms with Crippen molar-refractivity contribution in [3.63, 3.8) is 0 Å². The van der Waals surface area contributed by atoms with Crippen LogP contribution in [0.15, 0.2) is 41.9 Å². The molecule has 0 aliphatic rings. The van der Waals surface area contributed by atoms with E-state index in [2.05, 4.69) is 41.3 Å². The van der Waals surface area contributed by atoms with Gasteiger partial charge in [0, 0.05) is 31.2 Å². The van der Waals surface area contributed by atoms with Crippen LogP contribution in [0.1, 0.15) is 17.5 Å². The predicted octanol–water partition coefficient (Wildman–Crippen LogP) is 2.32. The predicted molar refractivity (Wildman–Crippen MR) is 82.9 cm³/mol. The molecular formula is C15H21N5. The number of rotatable bonds is 5. The molecule has 2 aromatic rings. The van der Waals surface area contributed by atoms with Crippen molar-refractivity contribution in [2.45, 2.75) is 26.8 Å². The highest BCUT2D eigenvalue weighted by Crippen LogP contribution is 2.13. The highest BCUT2D eigenvalue weighted by Gasteiger charge is 1.98. The van der Waals surface area contributed by atoms with Gasteiger partial charge in [-0.15, -0.1) is 0 Å². The molecule has 0 spiro atoms. The molecule has 0 unspecified atom stereocenters. The van der Waals surface area contributed by atoms with Crippen molar-refractivity contribution >= 4 is 11.6 Å². The first-order valence-electron chi connectivity index (χ1n) is 6.75. The lowest BCUT2D eigenvalue weighted by Gasteiger charge is -2.08. The summed E-state index contributed by atoms with van der Waals surface area (Å²) in [6.07, 6.45) is 6.46. The summed E-state index contributed by atoms with van der Waals surface area (Å²) in [5.74, 6) is 0.457. The third-order valence-electron chi connectivity index (χ3n) is 3.20. The van der Waals surface area contributed by atoms with E-state index in [9.17, 15) is 0 Å². The number of hydrogen-bond donors (Lipinski definition) is 2. The highest BCUT2D eigenvalue weighted by molar-refractivity contribution is 5.92. The van der Waals surface area contributed by atoms with E-state index in [4.69, 9.17) is 5.73 Å². The van der Waals surface area contributed by atoms with Crippen LogP contribution in [0.2, 0.25) is 0 Å². The Morgan fingerprint density at radius 3 is 2.90 bits per heavy atom. The van der Waals surface area contributed by atoms with Crippen LogP contribution in [0.4, 0.5) is 5.69 Å². The van der Waals surface area contributed by atoms with Crippen molar-refractivity contribution in [3.05, 3.63) is 48.0 Å². The first-order chi connectivity index (χ1) is 9.65. The molecule has 5 heteroatoms. The summed E-state index contributed by atoms with van der Waals surface area (Å²) in [6.45, 7) is 5.77. The fraction of sp³-hybridized carbons (Fsp3) is 0.333. The van der Waals surface area contributed by atoms with Crippen molar-refractivity contribution < 1.29 is 0 Å². The summed E-state index contributed by atoms with van der Waals surface area (Å²) in [4.78, 5) is 8.32. The van der Waals surface area contributed by atoms with Crippen molar-refractivity contribution in [1.29, 1.82) is 0 Å². The number of imidazole rings is 1. The second-order valence-electron chi connectivity index (χ2n) is 4.85. The first-order valence-corrected chi connectivity index (χ1v) is 6.75. The van der Waals surface area contributed by atoms with Gasteiger partial charge < -0.3 is 15.6 Å². The van der Waals surface area contributed by atoms with Crippen molar-refractivity contribution in [2.24, 2.45) is 10.7 Å². The van der Waals surface area contributed by atoms with E-state index in [0.717, 1.165) is 18.7 Å². The van der Waals surface area contributed by atoms with E-state index in [0.29, 0.717) is 12.5 Å². The minimum Gasteiger partial charge on any atom is -0.370 e. The maximum Gasteiger partial charge on any atom is 0.193 e. The number of aryl methyl sites for hydroxylation is 3. The maximum atomic E-state index is 5.87. The number of nitrogens with two attached hydrogens (primary N) is 1. The van der Waals surface area contributed by atoms with Crippen LogP contribution < -0.4 is 11.1 Å². The van der Waals surface area contributed by atoms with Crippen LogP contribution in [-0.2, 0) is 6.54 Å². The minimum atomic E-state index is 0.457. The van der Waals surface area contributed by atoms with Gasteiger partial charge in [-0.25, -0.2) is 4.98 Å². The lowest BCUT2D eigenvalue weighted by molar-refractivity contribution is 0.650. The topological polar surface area (TPSA) is 68.2 Å². The summed E-state index contributed by atoms with van der Waals surface area (Å²) in [5.41, 5.74) is 9.36. The lowest BCUT2D eigenvalue weighted by Crippen LogP contribution is -2.23. The number of aromatic nitrogens is 2. The Morgan fingerprint density at radius 2 is 2.20 bits per heavy atom. The number of nitrogens with zero attached hydrogens (tertiary/aromatic N) is 3. The average Bonchev–Trinajstić information content (AvgIpc) is 2.92. The monoisotopic (exact) mass is 271 g/mol. The molecule has 20 heavy (non-hydrogen) atoms. The molecule has 106 valence electrons. The SMILES string of the molecule is Cc1ccc(NC(N)=NCCCn2ccnc2)cc1C. The van der Waals surface area contributed by atoms with Gasteiger partial charge in [-0.1, -0.05) is 6.07 Å². The van der Waals surface area contributed by atoms with Gasteiger partial charge in [0.25, 0.3) is 0 Å². The molecule has 0 aliphatic carbocycles. The Morgan fingerprint density at radius 1 is 1.35 bits per heavy atom. The van der Waals surface area contributed by atoms with E-state index in [-0.39, 0.29) is 0 Å². The molecule has 0 radical (unpaired) electrons. The fourth-order valence-electron chi connectivity index (χ4n) is 1.88. The summed E-state index contributed by atoms with van der Waals surface area (Å²) >= 11 is 0. The molecular weight excluding hydrogens is 250 g/mol. The number of anilines is 1. The van der Waals surface area contributed by atoms with Gasteiger partial charge in [0.1, 0.15) is 0 Å². The van der Waals surface area contributed by atoms with Gasteiger partial charge in [0.15, 0.2) is 5.96 Å². The maximum absolute atomic E-state index is 5.87. The number of guanidine groups is 1. The molecule has 0 bridgehead atoms. The van der Waals surface area contributed by atoms with E-state index >= 15 is 0 Å². The number of aliphatic imine (C=N–C) groups is 1. The van der Waals surface area contributed by atoms with Gasteiger partial charge in [-0.05, 0) is 43.5 Å². The Hall–Kier alpha value is -2.30. The normalized spacial score (nSPS) is 11.6. The third kappa shape index (κ3) is 4.12. The standard InChI is InChI=1S/C15H21N5/c1-12-4-5-14(10-13(12)2)19-15(16)18-6-3-8-20-9-7-17-11-20/h4-5,7,9-11H,3,6,8H2,1-2H3,(H3,16,18,19). The zero-order chi connectivity index (χ0) is 14.4. The van der Waals surface area contributed by atoms with E-state index in [1.165, 1.54) is 11.1 Å². The summed E-state index contributed by atoms with van der Waals surface area (Å²) in [6, 6.07) is 6.16. The molecule has 5 nitrogen and oxygen atoms in total. The molecule has 3 N–H and O–H groups in total. The summed E-state index contributed by atoms with van der Waals surface area (Å²) in [7, 11) is 0. The van der Waals surface area contributed by atoms with Gasteiger partial charge >= 0.3 is 0 Å². The number of benzene rings is 1. The van der Waals surface area contributed by atoms with Crippen LogP contribution in [-0.4, -0.2) is 22.1 Å². The molecule has 0 fully saturated rings. The molecule has 1 aromatic heterocycles. The quantitative estimate of drug-likeness (QED) is 0.498. The number of hydrogen-bond acceptors (Lipinski definition) is 2. The molecule has 1 aromatic carbocycles. The van der Waals surface area contributed by atoms with Gasteiger partial charge in [-0.3, -0.25) is 4.99 Å². The zero-order valence-electron chi connectivity index (χ0n) is 12.0. The molecule has 0 saturated heterocycles. The third-order valence-corrected chi connectivity index (χ3v) is 3.20. The Balaban J connectivity index is 1.79. The second kappa shape index (κ2) is 6.75. The average molecular weight is 271 g/mol. The van der Waals surface area contributed by atoms with Crippen LogP contribution >= 0.6 is 0 Å². The van der Waals surface area contributed by atoms with E-state index in [1.807, 2.05) is 16.8 Å². The van der Waals surface area contributed by atoms with Crippen molar-refractivity contribution in [2.75, 3.05) is 11.9 Å². The Kier molecular flexibility index (Phi) is 4.76.